The Morgan fingerprint density at radius 1 is 1.11 bits per heavy atom. The summed E-state index contributed by atoms with van der Waals surface area (Å²) in [5.41, 5.74) is 1.40. The molecule has 0 aromatic heterocycles. The maximum absolute atomic E-state index is 13.8. The molecular formula is C27H26ClN3O5. The maximum Gasteiger partial charge on any atom is 0.250 e. The first-order chi connectivity index (χ1) is 17.3. The molecule has 8 nitrogen and oxygen atoms in total. The largest absolute Gasteiger partial charge is 0.508 e. The Hall–Kier alpha value is -3.75. The van der Waals surface area contributed by atoms with E-state index in [0.717, 1.165) is 5.56 Å². The Balaban J connectivity index is 1.52. The Morgan fingerprint density at radius 3 is 2.61 bits per heavy atom. The lowest BCUT2D eigenvalue weighted by molar-refractivity contribution is -0.130. The number of ether oxygens (including phenoxy) is 2. The molecular weight excluding hydrogens is 482 g/mol. The number of phenols is 1. The molecule has 3 aromatic rings. The van der Waals surface area contributed by atoms with Gasteiger partial charge in [-0.25, -0.2) is 0 Å². The number of benzene rings is 3. The van der Waals surface area contributed by atoms with E-state index in [-0.39, 0.29) is 23.6 Å². The van der Waals surface area contributed by atoms with Gasteiger partial charge in [0.25, 0.3) is 0 Å². The average Bonchev–Trinajstić information content (AvgIpc) is 3.38. The van der Waals surface area contributed by atoms with Gasteiger partial charge < -0.3 is 25.2 Å². The normalized spacial score (nSPS) is 22.2. The number of hydrogen-bond acceptors (Lipinski definition) is 6. The zero-order valence-corrected chi connectivity index (χ0v) is 20.6. The molecule has 2 heterocycles. The maximum atomic E-state index is 13.8. The molecule has 3 unspecified atom stereocenters. The van der Waals surface area contributed by atoms with Crippen LogP contribution in [0.5, 0.6) is 17.2 Å². The minimum absolute atomic E-state index is 0.179. The molecule has 0 aliphatic carbocycles. The van der Waals surface area contributed by atoms with Crippen molar-refractivity contribution in [3.63, 3.8) is 0 Å². The number of nitrogens with one attached hydrogen (secondary N) is 3. The van der Waals surface area contributed by atoms with Crippen LogP contribution in [0.1, 0.15) is 17.5 Å². The number of hydrogen-bond donors (Lipinski definition) is 4. The van der Waals surface area contributed by atoms with Crippen molar-refractivity contribution in [1.29, 1.82) is 0 Å². The van der Waals surface area contributed by atoms with Crippen molar-refractivity contribution < 1.29 is 24.2 Å². The summed E-state index contributed by atoms with van der Waals surface area (Å²) >= 11 is 6.32. The number of methoxy groups -OCH3 is 2. The predicted molar refractivity (Wildman–Crippen MR) is 137 cm³/mol. The number of anilines is 2. The van der Waals surface area contributed by atoms with Gasteiger partial charge in [0, 0.05) is 28.4 Å². The molecule has 1 saturated heterocycles. The van der Waals surface area contributed by atoms with Crippen molar-refractivity contribution in [2.75, 3.05) is 24.9 Å². The van der Waals surface area contributed by atoms with E-state index >= 15 is 0 Å². The van der Waals surface area contributed by atoms with Crippen molar-refractivity contribution in [1.82, 2.24) is 5.32 Å². The summed E-state index contributed by atoms with van der Waals surface area (Å²) in [6.45, 7) is 0. The highest BCUT2D eigenvalue weighted by Crippen LogP contribution is 2.48. The van der Waals surface area contributed by atoms with Gasteiger partial charge in [-0.05, 0) is 60.9 Å². The van der Waals surface area contributed by atoms with Crippen LogP contribution in [0.15, 0.2) is 60.7 Å². The van der Waals surface area contributed by atoms with Gasteiger partial charge in [-0.3, -0.25) is 14.9 Å². The second kappa shape index (κ2) is 9.37. The number of carbonyl (C=O) groups excluding carboxylic acids is 2. The highest BCUT2D eigenvalue weighted by atomic mass is 35.5. The molecule has 1 spiro atoms. The Labute approximate surface area is 213 Å². The molecule has 36 heavy (non-hydrogen) atoms. The summed E-state index contributed by atoms with van der Waals surface area (Å²) in [5.74, 6) is -0.153. The molecule has 2 aliphatic heterocycles. The number of fused-ring (bicyclic) bond motifs is 2. The van der Waals surface area contributed by atoms with Crippen LogP contribution in [0.2, 0.25) is 5.02 Å². The first-order valence-corrected chi connectivity index (χ1v) is 11.9. The summed E-state index contributed by atoms with van der Waals surface area (Å²) in [6.07, 6.45) is 0.968. The van der Waals surface area contributed by atoms with Crippen molar-refractivity contribution in [2.24, 2.45) is 5.92 Å². The van der Waals surface area contributed by atoms with E-state index in [9.17, 15) is 14.7 Å². The zero-order valence-electron chi connectivity index (χ0n) is 19.8. The molecule has 2 amide bonds. The van der Waals surface area contributed by atoms with Crippen LogP contribution in [0.25, 0.3) is 0 Å². The molecule has 4 N–H and O–H groups in total. The van der Waals surface area contributed by atoms with Gasteiger partial charge in [-0.15, -0.1) is 0 Å². The Morgan fingerprint density at radius 2 is 1.89 bits per heavy atom. The molecule has 3 atom stereocenters. The first kappa shape index (κ1) is 24.0. The predicted octanol–water partition coefficient (Wildman–Crippen LogP) is 4.07. The van der Waals surface area contributed by atoms with E-state index in [4.69, 9.17) is 21.1 Å². The van der Waals surface area contributed by atoms with Gasteiger partial charge >= 0.3 is 0 Å². The van der Waals surface area contributed by atoms with E-state index < -0.39 is 11.5 Å². The summed E-state index contributed by atoms with van der Waals surface area (Å²) < 4.78 is 10.7. The molecule has 5 rings (SSSR count). The summed E-state index contributed by atoms with van der Waals surface area (Å²) in [6, 6.07) is 17.0. The first-order valence-electron chi connectivity index (χ1n) is 11.5. The van der Waals surface area contributed by atoms with E-state index in [0.29, 0.717) is 46.3 Å². The van der Waals surface area contributed by atoms with Gasteiger partial charge in [0.2, 0.25) is 11.8 Å². The Bertz CT molecular complexity index is 1330. The van der Waals surface area contributed by atoms with Crippen molar-refractivity contribution in [3.05, 3.63) is 76.8 Å². The van der Waals surface area contributed by atoms with Crippen LogP contribution in [0.3, 0.4) is 0 Å². The van der Waals surface area contributed by atoms with Crippen LogP contribution < -0.4 is 25.4 Å². The number of amides is 2. The van der Waals surface area contributed by atoms with Gasteiger partial charge in [-0.2, -0.15) is 0 Å². The van der Waals surface area contributed by atoms with Crippen LogP contribution in [-0.4, -0.2) is 37.2 Å². The fourth-order valence-corrected chi connectivity index (χ4v) is 5.39. The number of phenolic OH excluding ortho intramolecular Hbond substituents is 1. The Kier molecular flexibility index (Phi) is 6.24. The van der Waals surface area contributed by atoms with Crippen LogP contribution >= 0.6 is 11.6 Å². The second-order valence-electron chi connectivity index (χ2n) is 9.01. The molecule has 186 valence electrons. The van der Waals surface area contributed by atoms with Gasteiger partial charge in [-0.1, -0.05) is 23.7 Å². The van der Waals surface area contributed by atoms with E-state index in [1.807, 2.05) is 12.1 Å². The van der Waals surface area contributed by atoms with Gasteiger partial charge in [0.1, 0.15) is 22.8 Å². The fourth-order valence-electron chi connectivity index (χ4n) is 5.21. The third kappa shape index (κ3) is 4.12. The molecule has 0 bridgehead atoms. The number of rotatable bonds is 6. The lowest BCUT2D eigenvalue weighted by atomic mass is 9.79. The third-order valence-corrected chi connectivity index (χ3v) is 7.12. The number of halogens is 1. The minimum Gasteiger partial charge on any atom is -0.508 e. The number of aromatic hydroxyl groups is 1. The highest BCUT2D eigenvalue weighted by molar-refractivity contribution is 6.31. The number of carbonyl (C=O) groups is 2. The average molecular weight is 508 g/mol. The quantitative estimate of drug-likeness (QED) is 0.400. The summed E-state index contributed by atoms with van der Waals surface area (Å²) in [5, 5.41) is 19.5. The second-order valence-corrected chi connectivity index (χ2v) is 9.44. The van der Waals surface area contributed by atoms with E-state index in [1.54, 1.807) is 55.6 Å². The van der Waals surface area contributed by atoms with Crippen LogP contribution in [0.4, 0.5) is 11.4 Å². The monoisotopic (exact) mass is 507 g/mol. The third-order valence-electron chi connectivity index (χ3n) is 6.89. The lowest BCUT2D eigenvalue weighted by Crippen LogP contribution is -2.52. The van der Waals surface area contributed by atoms with E-state index in [2.05, 4.69) is 16.0 Å². The lowest BCUT2D eigenvalue weighted by Gasteiger charge is -2.29. The SMILES string of the molecule is COc1ccc(OC)c(NC(=O)C2CC(Cc3ccc(O)cc3)NC23C(=O)Nc2ccc(Cl)cc23)c1. The van der Waals surface area contributed by atoms with Crippen molar-refractivity contribution in [2.45, 2.75) is 24.4 Å². The van der Waals surface area contributed by atoms with Crippen LogP contribution in [-0.2, 0) is 21.5 Å². The van der Waals surface area contributed by atoms with Crippen LogP contribution in [0, 0.1) is 5.92 Å². The summed E-state index contributed by atoms with van der Waals surface area (Å²) in [4.78, 5) is 27.4. The van der Waals surface area contributed by atoms with E-state index in [1.165, 1.54) is 7.11 Å². The van der Waals surface area contributed by atoms with Crippen molar-refractivity contribution >= 4 is 34.8 Å². The topological polar surface area (TPSA) is 109 Å². The van der Waals surface area contributed by atoms with Gasteiger partial charge in [0.15, 0.2) is 0 Å². The highest BCUT2D eigenvalue weighted by Gasteiger charge is 2.60. The smallest absolute Gasteiger partial charge is 0.250 e. The molecule has 2 aliphatic rings. The standard InChI is InChI=1S/C27H26ClN3O5/c1-35-19-8-10-24(36-2)23(14-19)29-25(33)21-13-17(11-15-3-6-18(32)7-4-15)31-27(21)20-12-16(28)5-9-22(20)30-26(27)34/h3-10,12,14,17,21,31-32H,11,13H2,1-2H3,(H,29,33)(H,30,34). The zero-order chi connectivity index (χ0) is 25.4. The fraction of sp³-hybridized carbons (Fsp3) is 0.259. The molecule has 0 radical (unpaired) electrons. The molecule has 3 aromatic carbocycles. The minimum atomic E-state index is -1.29. The molecule has 1 fully saturated rings. The molecule has 0 saturated carbocycles. The van der Waals surface area contributed by atoms with Gasteiger partial charge in [0.05, 0.1) is 25.8 Å². The van der Waals surface area contributed by atoms with Crippen molar-refractivity contribution in [3.8, 4) is 17.2 Å². The molecule has 9 heteroatoms. The summed E-state index contributed by atoms with van der Waals surface area (Å²) in [7, 11) is 3.06.